The maximum atomic E-state index is 13.6. The minimum Gasteiger partial charge on any atom is -0.356 e. The molecule has 5 nitrogen and oxygen atoms in total. The Morgan fingerprint density at radius 3 is 2.59 bits per heavy atom. The van der Waals surface area contributed by atoms with Crippen LogP contribution in [0.3, 0.4) is 0 Å². The fraction of sp³-hybridized carbons (Fsp3) is 0.650. The molecule has 0 saturated heterocycles. The summed E-state index contributed by atoms with van der Waals surface area (Å²) >= 11 is 0. The first-order valence-electron chi connectivity index (χ1n) is 9.77. The maximum absolute atomic E-state index is 13.6. The Bertz CT molecular complexity index is 729. The molecule has 1 fully saturated rings. The van der Waals surface area contributed by atoms with Crippen LogP contribution in [0.4, 0.5) is 4.39 Å². The fourth-order valence-corrected chi connectivity index (χ4v) is 4.49. The number of hydrogen-bond donors (Lipinski definition) is 2. The Balaban J connectivity index is 1.78. The number of halogens is 1. The van der Waals surface area contributed by atoms with Gasteiger partial charge >= 0.3 is 0 Å². The molecule has 0 atom stereocenters. The van der Waals surface area contributed by atoms with Crippen molar-refractivity contribution in [2.45, 2.75) is 57.2 Å². The smallest absolute Gasteiger partial charge is 0.191 e. The lowest BCUT2D eigenvalue weighted by Crippen LogP contribution is -2.37. The van der Waals surface area contributed by atoms with Crippen molar-refractivity contribution in [2.24, 2.45) is 10.9 Å². The van der Waals surface area contributed by atoms with Crippen molar-refractivity contribution < 1.29 is 12.8 Å². The first-order valence-corrected chi connectivity index (χ1v) is 11.8. The van der Waals surface area contributed by atoms with Crippen LogP contribution < -0.4 is 10.6 Å². The molecule has 0 aliphatic heterocycles. The van der Waals surface area contributed by atoms with E-state index in [-0.39, 0.29) is 11.6 Å². The summed E-state index contributed by atoms with van der Waals surface area (Å²) in [6.07, 6.45) is 10.4. The molecule has 1 aromatic carbocycles. The summed E-state index contributed by atoms with van der Waals surface area (Å²) in [5.74, 6) is 1.09. The second kappa shape index (κ2) is 10.6. The van der Waals surface area contributed by atoms with Crippen LogP contribution >= 0.6 is 0 Å². The standard InChI is InChI=1S/C20H32FN3O2S/c1-22-20(23-12-6-5-9-16-7-3-4-8-16)24-14-18-13-19(21)11-10-17(18)15-27(2,25)26/h10-11,13,16H,3-9,12,14-15H2,1-2H3,(H2,22,23,24). The van der Waals surface area contributed by atoms with Gasteiger partial charge < -0.3 is 10.6 Å². The molecular weight excluding hydrogens is 365 g/mol. The molecule has 1 saturated carbocycles. The number of guanidine groups is 1. The highest BCUT2D eigenvalue weighted by atomic mass is 32.2. The van der Waals surface area contributed by atoms with Gasteiger partial charge in [0.25, 0.3) is 0 Å². The molecule has 2 rings (SSSR count). The number of nitrogens with zero attached hydrogens (tertiary/aromatic N) is 1. The number of aliphatic imine (C=N–C) groups is 1. The summed E-state index contributed by atoms with van der Waals surface area (Å²) in [6, 6.07) is 4.20. The van der Waals surface area contributed by atoms with E-state index < -0.39 is 9.84 Å². The number of benzene rings is 1. The molecular formula is C20H32FN3O2S. The zero-order valence-electron chi connectivity index (χ0n) is 16.4. The van der Waals surface area contributed by atoms with Crippen molar-refractivity contribution in [3.63, 3.8) is 0 Å². The van der Waals surface area contributed by atoms with Gasteiger partial charge in [-0.05, 0) is 35.6 Å². The Morgan fingerprint density at radius 1 is 1.19 bits per heavy atom. The second-order valence-electron chi connectivity index (χ2n) is 7.48. The van der Waals surface area contributed by atoms with E-state index in [1.807, 2.05) is 0 Å². The van der Waals surface area contributed by atoms with E-state index in [1.165, 1.54) is 63.0 Å². The molecule has 0 spiro atoms. The SMILES string of the molecule is CN=C(NCCCCC1CCCC1)NCc1cc(F)ccc1CS(C)(=O)=O. The zero-order valence-corrected chi connectivity index (χ0v) is 17.2. The number of unbranched alkanes of at least 4 members (excludes halogenated alkanes) is 1. The topological polar surface area (TPSA) is 70.6 Å². The van der Waals surface area contributed by atoms with E-state index >= 15 is 0 Å². The molecule has 0 bridgehead atoms. The molecule has 7 heteroatoms. The third-order valence-corrected chi connectivity index (χ3v) is 5.90. The van der Waals surface area contributed by atoms with Crippen LogP contribution in [0.25, 0.3) is 0 Å². The molecule has 0 radical (unpaired) electrons. The van der Waals surface area contributed by atoms with Crippen molar-refractivity contribution in [1.82, 2.24) is 10.6 Å². The Kier molecular flexibility index (Phi) is 8.54. The third kappa shape index (κ3) is 8.28. The number of nitrogens with one attached hydrogen (secondary N) is 2. The number of sulfone groups is 1. The summed E-state index contributed by atoms with van der Waals surface area (Å²) in [4.78, 5) is 4.19. The summed E-state index contributed by atoms with van der Waals surface area (Å²) in [5, 5.41) is 6.42. The van der Waals surface area contributed by atoms with Gasteiger partial charge in [-0.1, -0.05) is 44.6 Å². The molecule has 0 heterocycles. The number of rotatable bonds is 9. The van der Waals surface area contributed by atoms with Crippen LogP contribution in [0.5, 0.6) is 0 Å². The van der Waals surface area contributed by atoms with Crippen LogP contribution in [-0.2, 0) is 22.1 Å². The molecule has 0 aromatic heterocycles. The van der Waals surface area contributed by atoms with Crippen molar-refractivity contribution >= 4 is 15.8 Å². The maximum Gasteiger partial charge on any atom is 0.191 e. The van der Waals surface area contributed by atoms with Crippen LogP contribution in [0.2, 0.25) is 0 Å². The van der Waals surface area contributed by atoms with Gasteiger partial charge in [-0.3, -0.25) is 4.99 Å². The van der Waals surface area contributed by atoms with E-state index in [0.29, 0.717) is 23.6 Å². The van der Waals surface area contributed by atoms with E-state index in [9.17, 15) is 12.8 Å². The summed E-state index contributed by atoms with van der Waals surface area (Å²) in [5.41, 5.74) is 1.24. The number of hydrogen-bond acceptors (Lipinski definition) is 3. The Hall–Kier alpha value is -1.63. The van der Waals surface area contributed by atoms with Crippen molar-refractivity contribution in [2.75, 3.05) is 19.8 Å². The van der Waals surface area contributed by atoms with Crippen LogP contribution in [0.1, 0.15) is 56.1 Å². The molecule has 1 aliphatic rings. The van der Waals surface area contributed by atoms with E-state index in [4.69, 9.17) is 0 Å². The van der Waals surface area contributed by atoms with Crippen molar-refractivity contribution in [1.29, 1.82) is 0 Å². The normalized spacial score (nSPS) is 15.9. The lowest BCUT2D eigenvalue weighted by Gasteiger charge is -2.15. The predicted octanol–water partition coefficient (Wildman–Crippen LogP) is 3.40. The van der Waals surface area contributed by atoms with Gasteiger partial charge in [-0.2, -0.15) is 0 Å². The quantitative estimate of drug-likeness (QED) is 0.381. The van der Waals surface area contributed by atoms with Gasteiger partial charge in [0.1, 0.15) is 5.82 Å². The lowest BCUT2D eigenvalue weighted by molar-refractivity contribution is 0.472. The third-order valence-electron chi connectivity index (χ3n) is 5.06. The van der Waals surface area contributed by atoms with Crippen molar-refractivity contribution in [3.8, 4) is 0 Å². The van der Waals surface area contributed by atoms with E-state index in [2.05, 4.69) is 15.6 Å². The molecule has 1 aliphatic carbocycles. The second-order valence-corrected chi connectivity index (χ2v) is 9.62. The highest BCUT2D eigenvalue weighted by Crippen LogP contribution is 2.28. The molecule has 2 N–H and O–H groups in total. The lowest BCUT2D eigenvalue weighted by atomic mass is 10.0. The molecule has 152 valence electrons. The monoisotopic (exact) mass is 397 g/mol. The minimum atomic E-state index is -3.18. The highest BCUT2D eigenvalue weighted by Gasteiger charge is 2.14. The minimum absolute atomic E-state index is 0.0997. The summed E-state index contributed by atoms with van der Waals surface area (Å²) in [6.45, 7) is 1.16. The van der Waals surface area contributed by atoms with Gasteiger partial charge in [0, 0.05) is 26.4 Å². The predicted molar refractivity (Wildman–Crippen MR) is 109 cm³/mol. The Labute approximate surface area is 162 Å². The zero-order chi connectivity index (χ0) is 19.7. The van der Waals surface area contributed by atoms with Crippen LogP contribution in [-0.4, -0.2) is 34.2 Å². The van der Waals surface area contributed by atoms with Gasteiger partial charge in [0.2, 0.25) is 0 Å². The average molecular weight is 398 g/mol. The molecule has 0 unspecified atom stereocenters. The van der Waals surface area contributed by atoms with E-state index in [1.54, 1.807) is 7.05 Å². The molecule has 27 heavy (non-hydrogen) atoms. The Morgan fingerprint density at radius 2 is 1.93 bits per heavy atom. The van der Waals surface area contributed by atoms with Crippen LogP contribution in [0, 0.1) is 11.7 Å². The first kappa shape index (κ1) is 21.7. The largest absolute Gasteiger partial charge is 0.356 e. The highest BCUT2D eigenvalue weighted by molar-refractivity contribution is 7.89. The molecule has 0 amide bonds. The van der Waals surface area contributed by atoms with Crippen molar-refractivity contribution in [3.05, 3.63) is 35.1 Å². The first-order chi connectivity index (χ1) is 12.9. The average Bonchev–Trinajstić information content (AvgIpc) is 3.11. The summed E-state index contributed by atoms with van der Waals surface area (Å²) < 4.78 is 36.7. The van der Waals surface area contributed by atoms with Gasteiger partial charge in [-0.15, -0.1) is 0 Å². The van der Waals surface area contributed by atoms with E-state index in [0.717, 1.165) is 18.9 Å². The van der Waals surface area contributed by atoms with Gasteiger partial charge in [-0.25, -0.2) is 12.8 Å². The van der Waals surface area contributed by atoms with Gasteiger partial charge in [0.15, 0.2) is 15.8 Å². The summed E-state index contributed by atoms with van der Waals surface area (Å²) in [7, 11) is -1.49. The molecule has 1 aromatic rings. The fourth-order valence-electron chi connectivity index (χ4n) is 3.65. The van der Waals surface area contributed by atoms with Crippen LogP contribution in [0.15, 0.2) is 23.2 Å². The van der Waals surface area contributed by atoms with Gasteiger partial charge in [0.05, 0.1) is 5.75 Å².